The SMILES string of the molecule is Cn1c(=O)c2c(nc(CCNC(=O)OC(C)(C)C)n2C)n(C)c1=O. The number of hydrogen-bond donors (Lipinski definition) is 1. The lowest BCUT2D eigenvalue weighted by Crippen LogP contribution is -2.37. The van der Waals surface area contributed by atoms with Gasteiger partial charge in [0.1, 0.15) is 11.4 Å². The second kappa shape index (κ2) is 6.14. The molecule has 0 spiro atoms. The van der Waals surface area contributed by atoms with E-state index in [0.717, 1.165) is 4.57 Å². The maximum atomic E-state index is 12.3. The lowest BCUT2D eigenvalue weighted by molar-refractivity contribution is 0.0528. The molecular formula is C15H23N5O4. The summed E-state index contributed by atoms with van der Waals surface area (Å²) in [6.07, 6.45) is -0.105. The molecule has 2 aromatic rings. The molecule has 2 rings (SSSR count). The molecule has 0 aliphatic carbocycles. The van der Waals surface area contributed by atoms with Crippen LogP contribution in [0.3, 0.4) is 0 Å². The predicted octanol–water partition coefficient (Wildman–Crippen LogP) is 0.0379. The molecule has 9 nitrogen and oxygen atoms in total. The van der Waals surface area contributed by atoms with E-state index in [1.807, 2.05) is 0 Å². The molecule has 0 bridgehead atoms. The summed E-state index contributed by atoms with van der Waals surface area (Å²) in [4.78, 5) is 40.2. The quantitative estimate of drug-likeness (QED) is 0.852. The van der Waals surface area contributed by atoms with Crippen LogP contribution in [0.1, 0.15) is 26.6 Å². The molecule has 0 saturated carbocycles. The summed E-state index contributed by atoms with van der Waals surface area (Å²) in [5, 5.41) is 2.64. The van der Waals surface area contributed by atoms with Gasteiger partial charge in [-0.25, -0.2) is 14.6 Å². The zero-order valence-corrected chi connectivity index (χ0v) is 14.8. The molecule has 0 atom stereocenters. The molecule has 2 heterocycles. The fourth-order valence-electron chi connectivity index (χ4n) is 2.38. The van der Waals surface area contributed by atoms with Crippen LogP contribution in [-0.4, -0.2) is 36.9 Å². The topological polar surface area (TPSA) is 100 Å². The summed E-state index contributed by atoms with van der Waals surface area (Å²) in [5.41, 5.74) is -0.699. The third kappa shape index (κ3) is 3.34. The van der Waals surface area contributed by atoms with E-state index in [1.54, 1.807) is 39.4 Å². The number of ether oxygens (including phenoxy) is 1. The van der Waals surface area contributed by atoms with Crippen molar-refractivity contribution < 1.29 is 9.53 Å². The molecule has 2 aromatic heterocycles. The Bertz CT molecular complexity index is 898. The van der Waals surface area contributed by atoms with Gasteiger partial charge in [-0.2, -0.15) is 0 Å². The molecule has 1 amide bonds. The van der Waals surface area contributed by atoms with Crippen molar-refractivity contribution in [3.8, 4) is 0 Å². The Morgan fingerprint density at radius 2 is 1.75 bits per heavy atom. The summed E-state index contributed by atoms with van der Waals surface area (Å²) in [7, 11) is 4.71. The van der Waals surface area contributed by atoms with Gasteiger partial charge in [0.2, 0.25) is 0 Å². The van der Waals surface area contributed by atoms with E-state index < -0.39 is 22.9 Å². The van der Waals surface area contributed by atoms with Crippen LogP contribution in [-0.2, 0) is 32.3 Å². The number of hydrogen-bond acceptors (Lipinski definition) is 5. The first kappa shape index (κ1) is 17.8. The third-order valence-electron chi connectivity index (χ3n) is 3.58. The highest BCUT2D eigenvalue weighted by atomic mass is 16.6. The van der Waals surface area contributed by atoms with Crippen LogP contribution in [0.5, 0.6) is 0 Å². The van der Waals surface area contributed by atoms with Crippen molar-refractivity contribution in [1.29, 1.82) is 0 Å². The first-order chi connectivity index (χ1) is 11.0. The Labute approximate surface area is 138 Å². The van der Waals surface area contributed by atoms with Crippen molar-refractivity contribution in [2.75, 3.05) is 6.54 Å². The number of nitrogens with zero attached hydrogens (tertiary/aromatic N) is 4. The number of carbonyl (C=O) groups is 1. The van der Waals surface area contributed by atoms with Gasteiger partial charge in [-0.15, -0.1) is 0 Å². The van der Waals surface area contributed by atoms with Gasteiger partial charge in [-0.05, 0) is 20.8 Å². The van der Waals surface area contributed by atoms with E-state index in [1.165, 1.54) is 11.6 Å². The molecule has 0 radical (unpaired) electrons. The number of amides is 1. The molecule has 1 N–H and O–H groups in total. The summed E-state index contributed by atoms with van der Waals surface area (Å²) in [5.74, 6) is 0.597. The number of rotatable bonds is 3. The molecule has 0 saturated heterocycles. The molecular weight excluding hydrogens is 314 g/mol. The molecule has 0 aliphatic rings. The van der Waals surface area contributed by atoms with Crippen LogP contribution >= 0.6 is 0 Å². The van der Waals surface area contributed by atoms with Crippen LogP contribution in [0, 0.1) is 0 Å². The summed E-state index contributed by atoms with van der Waals surface area (Å²) >= 11 is 0. The van der Waals surface area contributed by atoms with Gasteiger partial charge in [-0.3, -0.25) is 13.9 Å². The van der Waals surface area contributed by atoms with Gasteiger partial charge < -0.3 is 14.6 Å². The fourth-order valence-corrected chi connectivity index (χ4v) is 2.38. The van der Waals surface area contributed by atoms with E-state index in [2.05, 4.69) is 10.3 Å². The number of aromatic nitrogens is 4. The molecule has 0 aromatic carbocycles. The Kier molecular flexibility index (Phi) is 4.54. The van der Waals surface area contributed by atoms with Gasteiger partial charge in [0, 0.05) is 34.1 Å². The molecule has 0 unspecified atom stereocenters. The monoisotopic (exact) mass is 337 g/mol. The Morgan fingerprint density at radius 3 is 2.33 bits per heavy atom. The zero-order chi connectivity index (χ0) is 18.2. The number of carbonyl (C=O) groups excluding carboxylic acids is 1. The highest BCUT2D eigenvalue weighted by Gasteiger charge is 2.18. The van der Waals surface area contributed by atoms with Crippen molar-refractivity contribution in [2.45, 2.75) is 32.8 Å². The van der Waals surface area contributed by atoms with Crippen LogP contribution in [0.4, 0.5) is 4.79 Å². The highest BCUT2D eigenvalue weighted by Crippen LogP contribution is 2.09. The van der Waals surface area contributed by atoms with Crippen molar-refractivity contribution >= 4 is 17.3 Å². The second-order valence-corrected chi connectivity index (χ2v) is 6.64. The maximum absolute atomic E-state index is 12.3. The number of alkyl carbamates (subject to hydrolysis) is 1. The molecule has 132 valence electrons. The van der Waals surface area contributed by atoms with Gasteiger partial charge >= 0.3 is 11.8 Å². The number of imidazole rings is 1. The number of aryl methyl sites for hydroxylation is 2. The minimum atomic E-state index is -0.563. The standard InChI is InChI=1S/C15H23N5O4/c1-15(2,3)24-13(22)16-8-7-9-17-11-10(18(9)4)12(21)20(6)14(23)19(11)5/h7-8H2,1-6H3,(H,16,22). The van der Waals surface area contributed by atoms with Gasteiger partial charge in [-0.1, -0.05) is 0 Å². The Morgan fingerprint density at radius 1 is 1.12 bits per heavy atom. The first-order valence-electron chi connectivity index (χ1n) is 7.61. The molecule has 0 fully saturated rings. The van der Waals surface area contributed by atoms with Crippen LogP contribution in [0.15, 0.2) is 9.59 Å². The largest absolute Gasteiger partial charge is 0.444 e. The second-order valence-electron chi connectivity index (χ2n) is 6.64. The molecule has 24 heavy (non-hydrogen) atoms. The van der Waals surface area contributed by atoms with E-state index in [9.17, 15) is 14.4 Å². The van der Waals surface area contributed by atoms with Crippen LogP contribution < -0.4 is 16.6 Å². The van der Waals surface area contributed by atoms with E-state index >= 15 is 0 Å². The maximum Gasteiger partial charge on any atom is 0.407 e. The molecule has 0 aliphatic heterocycles. The number of nitrogens with one attached hydrogen (secondary N) is 1. The van der Waals surface area contributed by atoms with E-state index in [-0.39, 0.29) is 0 Å². The smallest absolute Gasteiger partial charge is 0.407 e. The van der Waals surface area contributed by atoms with Gasteiger partial charge in [0.25, 0.3) is 5.56 Å². The first-order valence-corrected chi connectivity index (χ1v) is 7.61. The van der Waals surface area contributed by atoms with E-state index in [0.29, 0.717) is 30.0 Å². The minimum Gasteiger partial charge on any atom is -0.444 e. The minimum absolute atomic E-state index is 0.306. The lowest BCUT2D eigenvalue weighted by Gasteiger charge is -2.19. The van der Waals surface area contributed by atoms with Crippen molar-refractivity contribution in [1.82, 2.24) is 24.0 Å². The predicted molar refractivity (Wildman–Crippen MR) is 89.1 cm³/mol. The van der Waals surface area contributed by atoms with Crippen molar-refractivity contribution in [3.63, 3.8) is 0 Å². The van der Waals surface area contributed by atoms with Crippen molar-refractivity contribution in [2.24, 2.45) is 21.1 Å². The summed E-state index contributed by atoms with van der Waals surface area (Å²) < 4.78 is 9.19. The average molecular weight is 337 g/mol. The third-order valence-corrected chi connectivity index (χ3v) is 3.58. The van der Waals surface area contributed by atoms with Gasteiger partial charge in [0.15, 0.2) is 11.2 Å². The van der Waals surface area contributed by atoms with E-state index in [4.69, 9.17) is 4.74 Å². The van der Waals surface area contributed by atoms with Crippen molar-refractivity contribution in [3.05, 3.63) is 26.7 Å². The Balaban J connectivity index is 2.23. The molecule has 9 heteroatoms. The summed E-state index contributed by atoms with van der Waals surface area (Å²) in [6.45, 7) is 5.66. The number of fused-ring (bicyclic) bond motifs is 1. The highest BCUT2D eigenvalue weighted by molar-refractivity contribution is 5.71. The fraction of sp³-hybridized carbons (Fsp3) is 0.600. The zero-order valence-electron chi connectivity index (χ0n) is 14.8. The van der Waals surface area contributed by atoms with Crippen LogP contribution in [0.25, 0.3) is 11.2 Å². The lowest BCUT2D eigenvalue weighted by atomic mass is 10.2. The van der Waals surface area contributed by atoms with Crippen LogP contribution in [0.2, 0.25) is 0 Å². The normalized spacial score (nSPS) is 11.8. The van der Waals surface area contributed by atoms with Gasteiger partial charge in [0.05, 0.1) is 0 Å². The summed E-state index contributed by atoms with van der Waals surface area (Å²) in [6, 6.07) is 0. The Hall–Kier alpha value is -2.58. The average Bonchev–Trinajstić information content (AvgIpc) is 2.78.